The summed E-state index contributed by atoms with van der Waals surface area (Å²) in [5, 5.41) is 12.3. The molecular formula is C44H46N4O5. The van der Waals surface area contributed by atoms with Crippen molar-refractivity contribution in [2.24, 2.45) is 11.8 Å². The average Bonchev–Trinajstić information content (AvgIpc) is 3.85. The Morgan fingerprint density at radius 3 is 2.21 bits per heavy atom. The molecule has 3 fully saturated rings. The van der Waals surface area contributed by atoms with Crippen molar-refractivity contribution in [3.63, 3.8) is 0 Å². The summed E-state index contributed by atoms with van der Waals surface area (Å²) >= 11 is 0. The Hall–Kier alpha value is -5.41. The van der Waals surface area contributed by atoms with Crippen LogP contribution in [0.2, 0.25) is 0 Å². The Kier molecular flexibility index (Phi) is 9.75. The van der Waals surface area contributed by atoms with Crippen molar-refractivity contribution in [1.29, 1.82) is 0 Å². The first-order valence-corrected chi connectivity index (χ1v) is 18.9. The van der Waals surface area contributed by atoms with Crippen LogP contribution in [-0.2, 0) is 16.1 Å². The smallest absolute Gasteiger partial charge is 0.255 e. The monoisotopic (exact) mass is 710 g/mol. The largest absolute Gasteiger partial charge is 0.508 e. The molecular weight excluding hydrogens is 665 g/mol. The lowest BCUT2D eigenvalue weighted by atomic mass is 9.88. The van der Waals surface area contributed by atoms with Crippen molar-refractivity contribution in [3.8, 4) is 11.5 Å². The van der Waals surface area contributed by atoms with Crippen molar-refractivity contribution in [2.45, 2.75) is 45.2 Å². The Bertz CT molecular complexity index is 2010. The molecule has 8 rings (SSSR count). The molecule has 9 nitrogen and oxygen atoms in total. The van der Waals surface area contributed by atoms with Gasteiger partial charge in [-0.1, -0.05) is 61.5 Å². The number of phenols is 1. The second-order valence-corrected chi connectivity index (χ2v) is 14.8. The van der Waals surface area contributed by atoms with Crippen molar-refractivity contribution in [2.75, 3.05) is 44.2 Å². The average molecular weight is 711 g/mol. The topological polar surface area (TPSA) is 102 Å². The molecule has 4 aromatic rings. The van der Waals surface area contributed by atoms with Crippen molar-refractivity contribution in [3.05, 3.63) is 125 Å². The van der Waals surface area contributed by atoms with Crippen LogP contribution in [0, 0.1) is 11.8 Å². The van der Waals surface area contributed by atoms with Gasteiger partial charge >= 0.3 is 0 Å². The second-order valence-electron chi connectivity index (χ2n) is 14.8. The van der Waals surface area contributed by atoms with Gasteiger partial charge in [0.2, 0.25) is 11.8 Å². The number of ether oxygens (including phenoxy) is 1. The number of nitrogens with zero attached hydrogens (tertiary/aromatic N) is 3. The van der Waals surface area contributed by atoms with E-state index in [1.165, 1.54) is 11.1 Å². The zero-order chi connectivity index (χ0) is 36.5. The van der Waals surface area contributed by atoms with Crippen LogP contribution in [0.5, 0.6) is 11.5 Å². The van der Waals surface area contributed by atoms with Crippen LogP contribution in [0.1, 0.15) is 65.2 Å². The van der Waals surface area contributed by atoms with E-state index in [-0.39, 0.29) is 29.9 Å². The molecule has 53 heavy (non-hydrogen) atoms. The third kappa shape index (κ3) is 7.18. The summed E-state index contributed by atoms with van der Waals surface area (Å²) in [7, 11) is 0. The predicted molar refractivity (Wildman–Crippen MR) is 205 cm³/mol. The van der Waals surface area contributed by atoms with Crippen LogP contribution < -0.4 is 15.0 Å². The number of phenolic OH excluding ortho intramolecular Hbond substituents is 1. The molecule has 0 spiro atoms. The number of anilines is 1. The van der Waals surface area contributed by atoms with Crippen LogP contribution >= 0.6 is 0 Å². The third-order valence-corrected chi connectivity index (χ3v) is 11.4. The SMILES string of the molecule is CCC(=C(c1ccc(O)cc1)c1ccc(OCCCN2CC3CN(c4ccc5c(c4)CN(C4CCC(=O)NC4=O)C5=O)CC3C2)cc1)c1ccccc1. The molecule has 4 aliphatic rings. The van der Waals surface area contributed by atoms with E-state index in [4.69, 9.17) is 4.74 Å². The predicted octanol–water partition coefficient (Wildman–Crippen LogP) is 6.36. The van der Waals surface area contributed by atoms with Gasteiger partial charge in [0, 0.05) is 56.9 Å². The summed E-state index contributed by atoms with van der Waals surface area (Å²) < 4.78 is 6.21. The fraction of sp³-hybridized carbons (Fsp3) is 0.341. The molecule has 4 aliphatic heterocycles. The molecule has 2 N–H and O–H groups in total. The molecule has 0 saturated carbocycles. The normalized spacial score (nSPS) is 21.8. The third-order valence-electron chi connectivity index (χ3n) is 11.4. The maximum atomic E-state index is 13.1. The second kappa shape index (κ2) is 14.9. The lowest BCUT2D eigenvalue weighted by Gasteiger charge is -2.29. The van der Waals surface area contributed by atoms with E-state index in [1.54, 1.807) is 17.0 Å². The van der Waals surface area contributed by atoms with Crippen LogP contribution in [-0.4, -0.2) is 78.0 Å². The van der Waals surface area contributed by atoms with E-state index in [1.807, 2.05) is 30.3 Å². The van der Waals surface area contributed by atoms with Crippen molar-refractivity contribution >= 4 is 34.6 Å². The minimum atomic E-state index is -0.591. The van der Waals surface area contributed by atoms with Gasteiger partial charge in [-0.25, -0.2) is 0 Å². The molecule has 4 heterocycles. The highest BCUT2D eigenvalue weighted by Gasteiger charge is 2.42. The van der Waals surface area contributed by atoms with Crippen LogP contribution in [0.4, 0.5) is 5.69 Å². The van der Waals surface area contributed by atoms with E-state index < -0.39 is 6.04 Å². The number of aromatic hydroxyl groups is 1. The number of hydrogen-bond acceptors (Lipinski definition) is 7. The minimum absolute atomic E-state index is 0.128. The molecule has 9 heteroatoms. The van der Waals surface area contributed by atoms with E-state index in [9.17, 15) is 19.5 Å². The number of carbonyl (C=O) groups is 3. The summed E-state index contributed by atoms with van der Waals surface area (Å²) in [4.78, 5) is 43.8. The number of benzene rings is 4. The van der Waals surface area contributed by atoms with Gasteiger partial charge in [-0.3, -0.25) is 19.7 Å². The summed E-state index contributed by atoms with van der Waals surface area (Å²) in [5.74, 6) is 1.56. The molecule has 3 unspecified atom stereocenters. The Morgan fingerprint density at radius 2 is 1.53 bits per heavy atom. The van der Waals surface area contributed by atoms with Gasteiger partial charge in [-0.15, -0.1) is 0 Å². The fourth-order valence-corrected chi connectivity index (χ4v) is 8.75. The molecule has 4 aromatic carbocycles. The van der Waals surface area contributed by atoms with Crippen LogP contribution in [0.25, 0.3) is 11.1 Å². The molecule has 0 bridgehead atoms. The first kappa shape index (κ1) is 34.7. The first-order valence-electron chi connectivity index (χ1n) is 18.9. The van der Waals surface area contributed by atoms with Crippen LogP contribution in [0.3, 0.4) is 0 Å². The quantitative estimate of drug-likeness (QED) is 0.106. The minimum Gasteiger partial charge on any atom is -0.508 e. The number of piperidine rings is 1. The number of likely N-dealkylation sites (tertiary alicyclic amines) is 1. The summed E-state index contributed by atoms with van der Waals surface area (Å²) in [6, 6.07) is 31.8. The Morgan fingerprint density at radius 1 is 0.830 bits per heavy atom. The number of hydrogen-bond donors (Lipinski definition) is 2. The molecule has 3 amide bonds. The van der Waals surface area contributed by atoms with Gasteiger partial charge in [-0.05, 0) is 107 Å². The maximum Gasteiger partial charge on any atom is 0.255 e. The zero-order valence-corrected chi connectivity index (χ0v) is 30.2. The number of allylic oxidation sites excluding steroid dienone is 1. The number of imide groups is 1. The molecule has 0 aliphatic carbocycles. The number of carbonyl (C=O) groups excluding carboxylic acids is 3. The molecule has 0 radical (unpaired) electrons. The van der Waals surface area contributed by atoms with Gasteiger partial charge < -0.3 is 24.5 Å². The van der Waals surface area contributed by atoms with E-state index in [0.29, 0.717) is 37.0 Å². The number of fused-ring (bicyclic) bond motifs is 2. The molecule has 3 atom stereocenters. The summed E-state index contributed by atoms with van der Waals surface area (Å²) in [5.41, 5.74) is 8.54. The van der Waals surface area contributed by atoms with E-state index in [2.05, 4.69) is 76.6 Å². The van der Waals surface area contributed by atoms with Gasteiger partial charge in [0.05, 0.1) is 6.61 Å². The van der Waals surface area contributed by atoms with Crippen molar-refractivity contribution < 1.29 is 24.2 Å². The summed E-state index contributed by atoms with van der Waals surface area (Å²) in [6.07, 6.45) is 2.46. The van der Waals surface area contributed by atoms with Gasteiger partial charge in [0.25, 0.3) is 5.91 Å². The molecule has 3 saturated heterocycles. The molecule has 0 aromatic heterocycles. The Labute approximate surface area is 310 Å². The zero-order valence-electron chi connectivity index (χ0n) is 30.2. The highest BCUT2D eigenvalue weighted by Crippen LogP contribution is 2.38. The number of amides is 3. The Balaban J connectivity index is 0.830. The van der Waals surface area contributed by atoms with Gasteiger partial charge in [0.1, 0.15) is 17.5 Å². The lowest BCUT2D eigenvalue weighted by Crippen LogP contribution is -2.52. The standard InChI is InChI=1S/C44H46N4O5/c1-2-38(29-7-4-3-5-8-29)42(30-9-14-36(49)15-10-30)31-11-16-37(17-12-31)53-22-6-21-46-24-33-26-47(27-34(33)25-46)35-13-18-39-32(23-35)28-48(44(39)52)40-19-20-41(50)45-43(40)51/h3-5,7-18,23,33-34,40,49H,2,6,19-22,24-28H2,1H3,(H,45,50,51). The van der Waals surface area contributed by atoms with Gasteiger partial charge in [0.15, 0.2) is 0 Å². The fourth-order valence-electron chi connectivity index (χ4n) is 8.75. The highest BCUT2D eigenvalue weighted by molar-refractivity contribution is 6.05. The number of nitrogens with one attached hydrogen (secondary N) is 1. The first-order chi connectivity index (χ1) is 25.8. The maximum absolute atomic E-state index is 13.1. The highest BCUT2D eigenvalue weighted by atomic mass is 16.5. The van der Waals surface area contributed by atoms with Gasteiger partial charge in [-0.2, -0.15) is 0 Å². The number of rotatable bonds is 11. The van der Waals surface area contributed by atoms with Crippen LogP contribution in [0.15, 0.2) is 97.1 Å². The molecule has 272 valence electrons. The van der Waals surface area contributed by atoms with E-state index >= 15 is 0 Å². The van der Waals surface area contributed by atoms with Crippen molar-refractivity contribution in [1.82, 2.24) is 15.1 Å². The van der Waals surface area contributed by atoms with E-state index in [0.717, 1.165) is 79.3 Å². The summed E-state index contributed by atoms with van der Waals surface area (Å²) in [6.45, 7) is 8.41. The lowest BCUT2D eigenvalue weighted by molar-refractivity contribution is -0.136.